The van der Waals surface area contributed by atoms with Crippen LogP contribution in [0.5, 0.6) is 5.88 Å². The maximum absolute atomic E-state index is 5.72. The van der Waals surface area contributed by atoms with Crippen molar-refractivity contribution in [2.75, 3.05) is 33.4 Å². The highest BCUT2D eigenvalue weighted by Crippen LogP contribution is 2.29. The number of guanidine groups is 1. The van der Waals surface area contributed by atoms with Crippen LogP contribution in [0.2, 0.25) is 0 Å². The quantitative estimate of drug-likeness (QED) is 0.210. The summed E-state index contributed by atoms with van der Waals surface area (Å²) in [6, 6.07) is 3.98. The molecule has 7 heteroatoms. The molecule has 2 N–H and O–H groups in total. The molecule has 1 fully saturated rings. The fourth-order valence-electron chi connectivity index (χ4n) is 2.26. The van der Waals surface area contributed by atoms with Gasteiger partial charge in [-0.05, 0) is 43.2 Å². The molecular weight excluding hydrogens is 443 g/mol. The van der Waals surface area contributed by atoms with Crippen molar-refractivity contribution in [3.8, 4) is 5.88 Å². The zero-order valence-electron chi connectivity index (χ0n) is 16.0. The SMILES string of the molecule is CCCCOCCCNC(=NC)NCc1ccnc(OCC2CC2)c1.I. The number of halogens is 1. The first-order valence-corrected chi connectivity index (χ1v) is 9.41. The number of pyridine rings is 1. The molecule has 0 aliphatic heterocycles. The molecule has 26 heavy (non-hydrogen) atoms. The maximum Gasteiger partial charge on any atom is 0.213 e. The highest BCUT2D eigenvalue weighted by atomic mass is 127. The predicted molar refractivity (Wildman–Crippen MR) is 116 cm³/mol. The number of hydrogen-bond donors (Lipinski definition) is 2. The van der Waals surface area contributed by atoms with Crippen LogP contribution < -0.4 is 15.4 Å². The van der Waals surface area contributed by atoms with Crippen LogP contribution in [0.15, 0.2) is 23.3 Å². The molecule has 1 saturated carbocycles. The summed E-state index contributed by atoms with van der Waals surface area (Å²) in [7, 11) is 1.78. The Bertz CT molecular complexity index is 524. The van der Waals surface area contributed by atoms with E-state index < -0.39 is 0 Å². The minimum atomic E-state index is 0. The summed E-state index contributed by atoms with van der Waals surface area (Å²) < 4.78 is 11.3. The maximum atomic E-state index is 5.72. The third-order valence-electron chi connectivity index (χ3n) is 4.05. The van der Waals surface area contributed by atoms with Crippen LogP contribution >= 0.6 is 24.0 Å². The molecule has 0 spiro atoms. The van der Waals surface area contributed by atoms with E-state index in [-0.39, 0.29) is 24.0 Å². The van der Waals surface area contributed by atoms with Crippen molar-refractivity contribution in [2.24, 2.45) is 10.9 Å². The summed E-state index contributed by atoms with van der Waals surface area (Å²) in [6.45, 7) is 6.14. The zero-order chi connectivity index (χ0) is 17.7. The van der Waals surface area contributed by atoms with Gasteiger partial charge in [-0.3, -0.25) is 4.99 Å². The van der Waals surface area contributed by atoms with Gasteiger partial charge in [-0.25, -0.2) is 4.98 Å². The van der Waals surface area contributed by atoms with E-state index in [1.54, 1.807) is 13.2 Å². The van der Waals surface area contributed by atoms with E-state index in [1.807, 2.05) is 12.1 Å². The standard InChI is InChI=1S/C19H32N4O2.HI/c1-3-4-11-24-12-5-9-22-19(20-2)23-14-17-8-10-21-18(13-17)25-15-16-6-7-16;/h8,10,13,16H,3-7,9,11-12,14-15H2,1-2H3,(H2,20,22,23);1H. The number of nitrogens with one attached hydrogen (secondary N) is 2. The fourth-order valence-corrected chi connectivity index (χ4v) is 2.26. The molecule has 0 atom stereocenters. The van der Waals surface area contributed by atoms with Gasteiger partial charge in [0, 0.05) is 45.6 Å². The Morgan fingerprint density at radius 3 is 2.81 bits per heavy atom. The second-order valence-electron chi connectivity index (χ2n) is 6.43. The van der Waals surface area contributed by atoms with Gasteiger partial charge in [-0.2, -0.15) is 0 Å². The highest BCUT2D eigenvalue weighted by molar-refractivity contribution is 14.0. The Hall–Kier alpha value is -1.09. The molecule has 0 saturated heterocycles. The fraction of sp³-hybridized carbons (Fsp3) is 0.684. The number of aromatic nitrogens is 1. The van der Waals surface area contributed by atoms with Gasteiger partial charge in [0.2, 0.25) is 5.88 Å². The van der Waals surface area contributed by atoms with Crippen LogP contribution in [0.1, 0.15) is 44.6 Å². The van der Waals surface area contributed by atoms with Crippen molar-refractivity contribution in [1.29, 1.82) is 0 Å². The Balaban J connectivity index is 0.00000338. The van der Waals surface area contributed by atoms with Crippen molar-refractivity contribution in [1.82, 2.24) is 15.6 Å². The minimum absolute atomic E-state index is 0. The van der Waals surface area contributed by atoms with Crippen molar-refractivity contribution >= 4 is 29.9 Å². The average Bonchev–Trinajstić information content (AvgIpc) is 3.46. The van der Waals surface area contributed by atoms with Gasteiger partial charge in [0.1, 0.15) is 0 Å². The molecule has 0 aromatic carbocycles. The van der Waals surface area contributed by atoms with E-state index in [4.69, 9.17) is 9.47 Å². The van der Waals surface area contributed by atoms with E-state index in [1.165, 1.54) is 19.3 Å². The summed E-state index contributed by atoms with van der Waals surface area (Å²) in [4.78, 5) is 8.52. The van der Waals surface area contributed by atoms with Gasteiger partial charge >= 0.3 is 0 Å². The van der Waals surface area contributed by atoms with Gasteiger partial charge in [0.25, 0.3) is 0 Å². The summed E-state index contributed by atoms with van der Waals surface area (Å²) >= 11 is 0. The Labute approximate surface area is 174 Å². The van der Waals surface area contributed by atoms with Crippen LogP contribution in [0.4, 0.5) is 0 Å². The molecule has 1 heterocycles. The third kappa shape index (κ3) is 10.2. The number of aliphatic imine (C=N–C) groups is 1. The molecule has 1 aliphatic rings. The summed E-state index contributed by atoms with van der Waals surface area (Å²) in [5.41, 5.74) is 1.13. The number of unbranched alkanes of at least 4 members (excludes halogenated alkanes) is 1. The Morgan fingerprint density at radius 1 is 1.27 bits per heavy atom. The van der Waals surface area contributed by atoms with Gasteiger partial charge in [0.05, 0.1) is 6.61 Å². The van der Waals surface area contributed by atoms with E-state index >= 15 is 0 Å². The zero-order valence-corrected chi connectivity index (χ0v) is 18.3. The van der Waals surface area contributed by atoms with Crippen molar-refractivity contribution in [3.63, 3.8) is 0 Å². The molecule has 0 unspecified atom stereocenters. The molecule has 0 amide bonds. The lowest BCUT2D eigenvalue weighted by atomic mass is 10.2. The largest absolute Gasteiger partial charge is 0.477 e. The van der Waals surface area contributed by atoms with E-state index in [0.717, 1.165) is 56.6 Å². The first-order valence-electron chi connectivity index (χ1n) is 9.41. The number of ether oxygens (including phenoxy) is 2. The van der Waals surface area contributed by atoms with Crippen LogP contribution in [-0.2, 0) is 11.3 Å². The molecule has 0 radical (unpaired) electrons. The lowest BCUT2D eigenvalue weighted by Crippen LogP contribution is -2.37. The lowest BCUT2D eigenvalue weighted by molar-refractivity contribution is 0.129. The summed E-state index contributed by atoms with van der Waals surface area (Å²) in [5.74, 6) is 2.24. The van der Waals surface area contributed by atoms with Gasteiger partial charge in [-0.1, -0.05) is 13.3 Å². The topological polar surface area (TPSA) is 67.8 Å². The molecule has 1 aromatic heterocycles. The molecule has 1 aliphatic carbocycles. The van der Waals surface area contributed by atoms with Crippen molar-refractivity contribution < 1.29 is 9.47 Å². The lowest BCUT2D eigenvalue weighted by Gasteiger charge is -2.12. The minimum Gasteiger partial charge on any atom is -0.477 e. The Kier molecular flexibility index (Phi) is 12.4. The molecule has 2 rings (SSSR count). The summed E-state index contributed by atoms with van der Waals surface area (Å²) in [6.07, 6.45) is 7.65. The van der Waals surface area contributed by atoms with Crippen LogP contribution in [0, 0.1) is 5.92 Å². The average molecular weight is 476 g/mol. The van der Waals surface area contributed by atoms with E-state index in [2.05, 4.69) is 27.5 Å². The van der Waals surface area contributed by atoms with E-state index in [0.29, 0.717) is 12.4 Å². The van der Waals surface area contributed by atoms with Gasteiger partial charge in [0.15, 0.2) is 5.96 Å². The molecule has 6 nitrogen and oxygen atoms in total. The van der Waals surface area contributed by atoms with Crippen LogP contribution in [-0.4, -0.2) is 44.4 Å². The number of hydrogen-bond acceptors (Lipinski definition) is 4. The number of rotatable bonds is 12. The van der Waals surface area contributed by atoms with Crippen LogP contribution in [0.3, 0.4) is 0 Å². The third-order valence-corrected chi connectivity index (χ3v) is 4.05. The van der Waals surface area contributed by atoms with Gasteiger partial charge < -0.3 is 20.1 Å². The highest BCUT2D eigenvalue weighted by Gasteiger charge is 2.22. The second kappa shape index (κ2) is 14.0. The first kappa shape index (κ1) is 23.0. The number of nitrogens with zero attached hydrogens (tertiary/aromatic N) is 2. The molecule has 0 bridgehead atoms. The van der Waals surface area contributed by atoms with Crippen LogP contribution in [0.25, 0.3) is 0 Å². The second-order valence-corrected chi connectivity index (χ2v) is 6.43. The van der Waals surface area contributed by atoms with E-state index in [9.17, 15) is 0 Å². The van der Waals surface area contributed by atoms with Crippen molar-refractivity contribution in [3.05, 3.63) is 23.9 Å². The van der Waals surface area contributed by atoms with Gasteiger partial charge in [-0.15, -0.1) is 24.0 Å². The summed E-state index contributed by atoms with van der Waals surface area (Å²) in [5, 5.41) is 6.62. The molecule has 148 valence electrons. The first-order chi connectivity index (χ1) is 12.3. The smallest absolute Gasteiger partial charge is 0.213 e. The Morgan fingerprint density at radius 2 is 2.08 bits per heavy atom. The molecule has 1 aromatic rings. The monoisotopic (exact) mass is 476 g/mol. The predicted octanol–water partition coefficient (Wildman–Crippen LogP) is 3.36. The normalized spacial score (nSPS) is 13.8. The molecular formula is C19H33IN4O2. The van der Waals surface area contributed by atoms with Crippen molar-refractivity contribution in [2.45, 2.75) is 45.6 Å².